The van der Waals surface area contributed by atoms with Crippen LogP contribution in [0.15, 0.2) is 66.1 Å². The topological polar surface area (TPSA) is 41.6 Å². The molecule has 1 aromatic carbocycles. The van der Waals surface area contributed by atoms with E-state index in [4.69, 9.17) is 0 Å². The Kier molecular flexibility index (Phi) is 3.61. The lowest BCUT2D eigenvalue weighted by atomic mass is 10.2. The predicted molar refractivity (Wildman–Crippen MR) is 77.8 cm³/mol. The van der Waals surface area contributed by atoms with Gasteiger partial charge in [-0.25, -0.2) is 4.98 Å². The van der Waals surface area contributed by atoms with E-state index < -0.39 is 0 Å². The monoisotopic (exact) mass is 267 g/mol. The fraction of sp³-hybridized carbons (Fsp3) is 0.0667. The van der Waals surface area contributed by atoms with E-state index in [-0.39, 0.29) is 0 Å². The smallest absolute Gasteiger partial charge is 0.166 e. The highest BCUT2D eigenvalue weighted by molar-refractivity contribution is 7.98. The molecule has 3 nitrogen and oxygen atoms in total. The molecule has 0 amide bonds. The normalized spacial score (nSPS) is 10.5. The van der Waals surface area contributed by atoms with Gasteiger partial charge in [-0.15, -0.1) is 0 Å². The van der Waals surface area contributed by atoms with Crippen molar-refractivity contribution in [2.75, 3.05) is 0 Å². The molecule has 0 aliphatic rings. The van der Waals surface area contributed by atoms with Crippen molar-refractivity contribution < 1.29 is 0 Å². The van der Waals surface area contributed by atoms with Gasteiger partial charge in [-0.1, -0.05) is 48.2 Å². The molecule has 0 aliphatic heterocycles. The molecule has 2 aromatic heterocycles. The summed E-state index contributed by atoms with van der Waals surface area (Å²) >= 11 is 1.66. The van der Waals surface area contributed by atoms with Gasteiger partial charge in [0.1, 0.15) is 0 Å². The largest absolute Gasteiger partial charge is 0.333 e. The zero-order chi connectivity index (χ0) is 12.9. The van der Waals surface area contributed by atoms with E-state index >= 15 is 0 Å². The molecule has 3 aromatic rings. The number of aromatic amines is 1. The van der Waals surface area contributed by atoms with Crippen LogP contribution in [0.3, 0.4) is 0 Å². The fourth-order valence-corrected chi connectivity index (χ4v) is 2.53. The maximum absolute atomic E-state index is 4.39. The Hall–Kier alpha value is -2.07. The summed E-state index contributed by atoms with van der Waals surface area (Å²) < 4.78 is 0. The maximum atomic E-state index is 4.39. The van der Waals surface area contributed by atoms with Crippen molar-refractivity contribution in [2.24, 2.45) is 0 Å². The summed E-state index contributed by atoms with van der Waals surface area (Å²) in [6.07, 6.45) is 3.68. The lowest BCUT2D eigenvalue weighted by molar-refractivity contribution is 1.05. The van der Waals surface area contributed by atoms with E-state index in [2.05, 4.69) is 27.1 Å². The Morgan fingerprint density at radius 3 is 2.58 bits per heavy atom. The number of thioether (sulfide) groups is 1. The number of H-pyrrole nitrogens is 1. The molecule has 0 saturated carbocycles. The lowest BCUT2D eigenvalue weighted by Crippen LogP contribution is -1.85. The van der Waals surface area contributed by atoms with Crippen LogP contribution in [0, 0.1) is 0 Å². The number of imidazole rings is 1. The molecule has 19 heavy (non-hydrogen) atoms. The highest BCUT2D eigenvalue weighted by Crippen LogP contribution is 2.23. The second-order valence-electron chi connectivity index (χ2n) is 4.08. The molecule has 3 rings (SSSR count). The summed E-state index contributed by atoms with van der Waals surface area (Å²) in [7, 11) is 0. The number of hydrogen-bond donors (Lipinski definition) is 1. The minimum atomic E-state index is 0.822. The maximum Gasteiger partial charge on any atom is 0.166 e. The van der Waals surface area contributed by atoms with Crippen molar-refractivity contribution in [3.63, 3.8) is 0 Å². The Labute approximate surface area is 116 Å². The Bertz CT molecular complexity index is 635. The highest BCUT2D eigenvalue weighted by Gasteiger charge is 2.04. The van der Waals surface area contributed by atoms with Gasteiger partial charge >= 0.3 is 0 Å². The molecule has 0 saturated heterocycles. The van der Waals surface area contributed by atoms with E-state index in [1.165, 1.54) is 0 Å². The predicted octanol–water partition coefficient (Wildman–Crippen LogP) is 3.76. The second kappa shape index (κ2) is 5.71. The summed E-state index contributed by atoms with van der Waals surface area (Å²) in [5.41, 5.74) is 3.26. The van der Waals surface area contributed by atoms with E-state index in [0.717, 1.165) is 27.9 Å². The van der Waals surface area contributed by atoms with Crippen LogP contribution in [0.1, 0.15) is 5.69 Å². The van der Waals surface area contributed by atoms with Crippen molar-refractivity contribution >= 4 is 11.8 Å². The zero-order valence-corrected chi connectivity index (χ0v) is 11.1. The van der Waals surface area contributed by atoms with Gasteiger partial charge in [-0.3, -0.25) is 4.98 Å². The van der Waals surface area contributed by atoms with Crippen LogP contribution in [-0.4, -0.2) is 15.0 Å². The third-order valence-electron chi connectivity index (χ3n) is 2.72. The van der Waals surface area contributed by atoms with Crippen molar-refractivity contribution in [3.05, 3.63) is 66.6 Å². The van der Waals surface area contributed by atoms with Crippen molar-refractivity contribution in [3.8, 4) is 11.3 Å². The number of rotatable bonds is 4. The first kappa shape index (κ1) is 12.0. The molecule has 0 bridgehead atoms. The molecule has 0 aliphatic carbocycles. The summed E-state index contributed by atoms with van der Waals surface area (Å²) in [4.78, 5) is 12.0. The highest BCUT2D eigenvalue weighted by atomic mass is 32.2. The van der Waals surface area contributed by atoms with Crippen LogP contribution >= 0.6 is 11.8 Å². The number of pyridine rings is 1. The number of hydrogen-bond acceptors (Lipinski definition) is 3. The molecule has 0 unspecified atom stereocenters. The van der Waals surface area contributed by atoms with E-state index in [9.17, 15) is 0 Å². The molecule has 0 radical (unpaired) electrons. The zero-order valence-electron chi connectivity index (χ0n) is 10.3. The minimum Gasteiger partial charge on any atom is -0.333 e. The second-order valence-corrected chi connectivity index (χ2v) is 5.04. The van der Waals surface area contributed by atoms with Crippen LogP contribution in [0.25, 0.3) is 11.3 Å². The quantitative estimate of drug-likeness (QED) is 0.732. The third kappa shape index (κ3) is 3.03. The average Bonchev–Trinajstić information content (AvgIpc) is 2.96. The lowest BCUT2D eigenvalue weighted by Gasteiger charge is -1.98. The van der Waals surface area contributed by atoms with Gasteiger partial charge in [-0.05, 0) is 17.7 Å². The van der Waals surface area contributed by atoms with Gasteiger partial charge in [0.05, 0.1) is 17.6 Å². The van der Waals surface area contributed by atoms with Crippen LogP contribution in [0.4, 0.5) is 0 Å². The minimum absolute atomic E-state index is 0.822. The number of aromatic nitrogens is 3. The van der Waals surface area contributed by atoms with Gasteiger partial charge in [0.2, 0.25) is 0 Å². The van der Waals surface area contributed by atoms with E-state index in [0.29, 0.717) is 0 Å². The SMILES string of the molecule is c1ccc(-c2cnc(SCc3ccccn3)[nH]2)cc1. The Morgan fingerprint density at radius 2 is 1.79 bits per heavy atom. The van der Waals surface area contributed by atoms with Gasteiger partial charge in [-0.2, -0.15) is 0 Å². The van der Waals surface area contributed by atoms with E-state index in [1.54, 1.807) is 11.8 Å². The standard InChI is InChI=1S/C15H13N3S/c1-2-6-12(7-3-1)14-10-17-15(18-14)19-11-13-8-4-5-9-16-13/h1-10H,11H2,(H,17,18). The van der Waals surface area contributed by atoms with Crippen LogP contribution in [0.2, 0.25) is 0 Å². The van der Waals surface area contributed by atoms with Crippen molar-refractivity contribution in [1.82, 2.24) is 15.0 Å². The van der Waals surface area contributed by atoms with Gasteiger partial charge in [0.15, 0.2) is 5.16 Å². The fourth-order valence-electron chi connectivity index (χ4n) is 1.77. The summed E-state index contributed by atoms with van der Waals surface area (Å²) in [5, 5.41) is 0.921. The molecule has 1 N–H and O–H groups in total. The Morgan fingerprint density at radius 1 is 0.947 bits per heavy atom. The number of nitrogens with one attached hydrogen (secondary N) is 1. The third-order valence-corrected chi connectivity index (χ3v) is 3.64. The molecule has 2 heterocycles. The average molecular weight is 267 g/mol. The number of nitrogens with zero attached hydrogens (tertiary/aromatic N) is 2. The first-order valence-electron chi connectivity index (χ1n) is 6.05. The van der Waals surface area contributed by atoms with Crippen LogP contribution < -0.4 is 0 Å². The van der Waals surface area contributed by atoms with Gasteiger partial charge < -0.3 is 4.98 Å². The van der Waals surface area contributed by atoms with Gasteiger partial charge in [0, 0.05) is 11.9 Å². The summed E-state index contributed by atoms with van der Waals surface area (Å²) in [5.74, 6) is 0.822. The van der Waals surface area contributed by atoms with Crippen molar-refractivity contribution in [1.29, 1.82) is 0 Å². The first-order valence-corrected chi connectivity index (χ1v) is 7.03. The van der Waals surface area contributed by atoms with Crippen molar-refractivity contribution in [2.45, 2.75) is 10.9 Å². The number of benzene rings is 1. The molecule has 94 valence electrons. The molecule has 4 heteroatoms. The summed E-state index contributed by atoms with van der Waals surface area (Å²) in [6, 6.07) is 16.1. The molecular formula is C15H13N3S. The molecule has 0 spiro atoms. The van der Waals surface area contributed by atoms with Crippen LogP contribution in [-0.2, 0) is 5.75 Å². The van der Waals surface area contributed by atoms with E-state index in [1.807, 2.05) is 48.8 Å². The first-order chi connectivity index (χ1) is 9.42. The molecular weight excluding hydrogens is 254 g/mol. The van der Waals surface area contributed by atoms with Gasteiger partial charge in [0.25, 0.3) is 0 Å². The Balaban J connectivity index is 1.69. The van der Waals surface area contributed by atoms with Crippen LogP contribution in [0.5, 0.6) is 0 Å². The molecule has 0 fully saturated rings. The molecule has 0 atom stereocenters. The summed E-state index contributed by atoms with van der Waals surface area (Å²) in [6.45, 7) is 0.